The molecule has 84 valence electrons. The molecule has 16 heavy (non-hydrogen) atoms. The zero-order valence-electron chi connectivity index (χ0n) is 8.49. The Bertz CT molecular complexity index is 504. The molecular formula is C10H9ClN2O3. The van der Waals surface area contributed by atoms with Crippen molar-refractivity contribution >= 4 is 23.3 Å². The van der Waals surface area contributed by atoms with E-state index in [4.69, 9.17) is 20.5 Å². The SMILES string of the molecule is Cc1cc(NC(=O)c2ccc(CCl)o2)no1. The number of alkyl halides is 1. The number of anilines is 1. The number of hydrogen-bond acceptors (Lipinski definition) is 4. The number of aromatic nitrogens is 1. The number of nitrogens with zero attached hydrogens (tertiary/aromatic N) is 1. The summed E-state index contributed by atoms with van der Waals surface area (Å²) >= 11 is 5.56. The van der Waals surface area contributed by atoms with Crippen LogP contribution in [-0.4, -0.2) is 11.1 Å². The van der Waals surface area contributed by atoms with Gasteiger partial charge in [0.2, 0.25) is 0 Å². The minimum atomic E-state index is -0.385. The Labute approximate surface area is 96.4 Å². The lowest BCUT2D eigenvalue weighted by molar-refractivity contribution is 0.0994. The van der Waals surface area contributed by atoms with Crippen molar-refractivity contribution < 1.29 is 13.7 Å². The topological polar surface area (TPSA) is 68.3 Å². The second kappa shape index (κ2) is 4.40. The fourth-order valence-corrected chi connectivity index (χ4v) is 1.32. The Kier molecular flexibility index (Phi) is 2.96. The Morgan fingerprint density at radius 3 is 2.94 bits per heavy atom. The van der Waals surface area contributed by atoms with Crippen LogP contribution < -0.4 is 5.32 Å². The van der Waals surface area contributed by atoms with Crippen LogP contribution in [0.5, 0.6) is 0 Å². The summed E-state index contributed by atoms with van der Waals surface area (Å²) in [6.45, 7) is 1.74. The molecule has 0 aromatic carbocycles. The van der Waals surface area contributed by atoms with Gasteiger partial charge in [0.1, 0.15) is 11.5 Å². The summed E-state index contributed by atoms with van der Waals surface area (Å²) in [6, 6.07) is 4.82. The van der Waals surface area contributed by atoms with E-state index < -0.39 is 0 Å². The van der Waals surface area contributed by atoms with Crippen molar-refractivity contribution in [3.8, 4) is 0 Å². The quantitative estimate of drug-likeness (QED) is 0.838. The number of carbonyl (C=O) groups is 1. The summed E-state index contributed by atoms with van der Waals surface area (Å²) in [4.78, 5) is 11.6. The Hall–Kier alpha value is -1.75. The maximum absolute atomic E-state index is 11.6. The van der Waals surface area contributed by atoms with E-state index in [-0.39, 0.29) is 17.5 Å². The van der Waals surface area contributed by atoms with Crippen LogP contribution in [0.4, 0.5) is 5.82 Å². The van der Waals surface area contributed by atoms with Gasteiger partial charge in [-0.1, -0.05) is 5.16 Å². The fourth-order valence-electron chi connectivity index (χ4n) is 1.18. The molecule has 1 amide bonds. The van der Waals surface area contributed by atoms with E-state index in [1.54, 1.807) is 25.1 Å². The molecule has 2 heterocycles. The average Bonchev–Trinajstić information content (AvgIpc) is 2.87. The first-order valence-electron chi connectivity index (χ1n) is 4.58. The van der Waals surface area contributed by atoms with Crippen LogP contribution >= 0.6 is 11.6 Å². The first-order valence-corrected chi connectivity index (χ1v) is 5.12. The van der Waals surface area contributed by atoms with E-state index in [0.717, 1.165) is 0 Å². The molecule has 1 N–H and O–H groups in total. The number of carbonyl (C=O) groups excluding carboxylic acids is 1. The first kappa shape index (κ1) is 10.8. The predicted molar refractivity (Wildman–Crippen MR) is 57.5 cm³/mol. The molecule has 2 rings (SSSR count). The van der Waals surface area contributed by atoms with Crippen LogP contribution in [0.2, 0.25) is 0 Å². The van der Waals surface area contributed by atoms with Crippen molar-refractivity contribution in [2.75, 3.05) is 5.32 Å². The number of amides is 1. The van der Waals surface area contributed by atoms with Crippen LogP contribution in [0.1, 0.15) is 22.1 Å². The molecule has 0 aliphatic carbocycles. The van der Waals surface area contributed by atoms with Crippen molar-refractivity contribution in [3.05, 3.63) is 35.5 Å². The minimum absolute atomic E-state index is 0.191. The Morgan fingerprint density at radius 1 is 1.56 bits per heavy atom. The monoisotopic (exact) mass is 240 g/mol. The largest absolute Gasteiger partial charge is 0.455 e. The standard InChI is InChI=1S/C10H9ClN2O3/c1-6-4-9(13-16-6)12-10(14)8-3-2-7(5-11)15-8/h2-4H,5H2,1H3,(H,12,13,14). The van der Waals surface area contributed by atoms with Gasteiger partial charge in [0, 0.05) is 6.07 Å². The third-order valence-electron chi connectivity index (χ3n) is 1.89. The van der Waals surface area contributed by atoms with Gasteiger partial charge >= 0.3 is 0 Å². The van der Waals surface area contributed by atoms with E-state index >= 15 is 0 Å². The van der Waals surface area contributed by atoms with Crippen molar-refractivity contribution in [3.63, 3.8) is 0 Å². The highest BCUT2D eigenvalue weighted by molar-refractivity contribution is 6.16. The zero-order valence-corrected chi connectivity index (χ0v) is 9.25. The highest BCUT2D eigenvalue weighted by Crippen LogP contribution is 2.13. The van der Waals surface area contributed by atoms with E-state index in [9.17, 15) is 4.79 Å². The third-order valence-corrected chi connectivity index (χ3v) is 2.15. The summed E-state index contributed by atoms with van der Waals surface area (Å²) in [6.07, 6.45) is 0. The fraction of sp³-hybridized carbons (Fsp3) is 0.200. The Balaban J connectivity index is 2.08. The van der Waals surface area contributed by atoms with Crippen molar-refractivity contribution in [2.45, 2.75) is 12.8 Å². The lowest BCUT2D eigenvalue weighted by Gasteiger charge is -1.96. The maximum atomic E-state index is 11.6. The van der Waals surface area contributed by atoms with Gasteiger partial charge < -0.3 is 14.3 Å². The summed E-state index contributed by atoms with van der Waals surface area (Å²) < 4.78 is 9.98. The molecular weight excluding hydrogens is 232 g/mol. The molecule has 0 fully saturated rings. The van der Waals surface area contributed by atoms with E-state index in [1.165, 1.54) is 0 Å². The minimum Gasteiger partial charge on any atom is -0.455 e. The van der Waals surface area contributed by atoms with Gasteiger partial charge in [-0.05, 0) is 19.1 Å². The first-order chi connectivity index (χ1) is 7.69. The van der Waals surface area contributed by atoms with Crippen LogP contribution in [0.25, 0.3) is 0 Å². The van der Waals surface area contributed by atoms with Gasteiger partial charge in [-0.25, -0.2) is 0 Å². The zero-order chi connectivity index (χ0) is 11.5. The molecule has 2 aromatic heterocycles. The van der Waals surface area contributed by atoms with Gasteiger partial charge in [-0.2, -0.15) is 0 Å². The van der Waals surface area contributed by atoms with Gasteiger partial charge in [-0.15, -0.1) is 11.6 Å². The average molecular weight is 241 g/mol. The van der Waals surface area contributed by atoms with Crippen molar-refractivity contribution in [1.29, 1.82) is 0 Å². The molecule has 0 bridgehead atoms. The maximum Gasteiger partial charge on any atom is 0.292 e. The lowest BCUT2D eigenvalue weighted by atomic mass is 10.4. The summed E-state index contributed by atoms with van der Waals surface area (Å²) in [7, 11) is 0. The van der Waals surface area contributed by atoms with E-state index in [1.807, 2.05) is 0 Å². The second-order valence-corrected chi connectivity index (χ2v) is 3.44. The number of nitrogens with one attached hydrogen (secondary N) is 1. The van der Waals surface area contributed by atoms with Crippen LogP contribution in [-0.2, 0) is 5.88 Å². The highest BCUT2D eigenvalue weighted by atomic mass is 35.5. The molecule has 6 heteroatoms. The van der Waals surface area contributed by atoms with Gasteiger partial charge in [-0.3, -0.25) is 4.79 Å². The molecule has 0 radical (unpaired) electrons. The van der Waals surface area contributed by atoms with Crippen LogP contribution in [0.15, 0.2) is 27.1 Å². The molecule has 0 saturated heterocycles. The number of furan rings is 1. The number of rotatable bonds is 3. The second-order valence-electron chi connectivity index (χ2n) is 3.18. The molecule has 0 spiro atoms. The van der Waals surface area contributed by atoms with E-state index in [0.29, 0.717) is 17.3 Å². The third kappa shape index (κ3) is 2.25. The number of aryl methyl sites for hydroxylation is 1. The van der Waals surface area contributed by atoms with Gasteiger partial charge in [0.05, 0.1) is 5.88 Å². The smallest absolute Gasteiger partial charge is 0.292 e. The van der Waals surface area contributed by atoms with E-state index in [2.05, 4.69) is 10.5 Å². The molecule has 5 nitrogen and oxygen atoms in total. The Morgan fingerprint density at radius 2 is 2.38 bits per heavy atom. The molecule has 2 aromatic rings. The lowest BCUT2D eigenvalue weighted by Crippen LogP contribution is -2.10. The number of halogens is 1. The van der Waals surface area contributed by atoms with Crippen LogP contribution in [0.3, 0.4) is 0 Å². The van der Waals surface area contributed by atoms with Crippen molar-refractivity contribution in [1.82, 2.24) is 5.16 Å². The molecule has 0 atom stereocenters. The van der Waals surface area contributed by atoms with Gasteiger partial charge in [0.15, 0.2) is 11.6 Å². The summed E-state index contributed by atoms with van der Waals surface area (Å²) in [5, 5.41) is 6.17. The molecule has 0 aliphatic heterocycles. The summed E-state index contributed by atoms with van der Waals surface area (Å²) in [5.41, 5.74) is 0. The molecule has 0 saturated carbocycles. The molecule has 0 unspecified atom stereocenters. The predicted octanol–water partition coefficient (Wildman–Crippen LogP) is 2.57. The molecule has 0 aliphatic rings. The summed E-state index contributed by atoms with van der Waals surface area (Å²) in [5.74, 6) is 1.56. The van der Waals surface area contributed by atoms with Gasteiger partial charge in [0.25, 0.3) is 5.91 Å². The number of hydrogen-bond donors (Lipinski definition) is 1. The van der Waals surface area contributed by atoms with Crippen LogP contribution in [0, 0.1) is 6.92 Å². The highest BCUT2D eigenvalue weighted by Gasteiger charge is 2.12. The normalized spacial score (nSPS) is 10.4. The van der Waals surface area contributed by atoms with Crippen molar-refractivity contribution in [2.24, 2.45) is 0 Å².